The molecule has 0 radical (unpaired) electrons. The van der Waals surface area contributed by atoms with E-state index < -0.39 is 5.60 Å². The third-order valence-electron chi connectivity index (χ3n) is 3.84. The van der Waals surface area contributed by atoms with Gasteiger partial charge >= 0.3 is 5.97 Å². The minimum atomic E-state index is -0.478. The van der Waals surface area contributed by atoms with Gasteiger partial charge in [-0.2, -0.15) is 0 Å². The van der Waals surface area contributed by atoms with Crippen LogP contribution in [-0.2, 0) is 9.53 Å². The van der Waals surface area contributed by atoms with Gasteiger partial charge in [0.1, 0.15) is 11.6 Å². The van der Waals surface area contributed by atoms with Crippen molar-refractivity contribution in [3.05, 3.63) is 41.1 Å². The molecule has 23 heavy (non-hydrogen) atoms. The minimum Gasteiger partial charge on any atom is -0.459 e. The maximum absolute atomic E-state index is 12.3. The van der Waals surface area contributed by atoms with Gasteiger partial charge in [0.15, 0.2) is 0 Å². The van der Waals surface area contributed by atoms with Crippen LogP contribution in [0.2, 0.25) is 5.02 Å². The Kier molecular flexibility index (Phi) is 4.21. The molecule has 0 bridgehead atoms. The second kappa shape index (κ2) is 6.02. The van der Waals surface area contributed by atoms with Crippen molar-refractivity contribution in [2.75, 3.05) is 6.54 Å². The maximum Gasteiger partial charge on any atom is 0.324 e. The highest BCUT2D eigenvalue weighted by Crippen LogP contribution is 2.32. The summed E-state index contributed by atoms with van der Waals surface area (Å²) in [6.07, 6.45) is 4.68. The van der Waals surface area contributed by atoms with E-state index in [1.807, 2.05) is 45.2 Å². The number of benzene rings is 1. The lowest BCUT2D eigenvalue weighted by Gasteiger charge is -2.27. The Morgan fingerprint density at radius 1 is 1.35 bits per heavy atom. The van der Waals surface area contributed by atoms with Crippen molar-refractivity contribution >= 4 is 34.0 Å². The minimum absolute atomic E-state index is 0.207. The first kappa shape index (κ1) is 16.1. The molecule has 1 atom stereocenters. The number of aromatic nitrogens is 1. The van der Waals surface area contributed by atoms with Crippen LogP contribution < -0.4 is 5.32 Å². The average Bonchev–Trinajstić information content (AvgIpc) is 2.91. The Hall–Kier alpha value is -1.78. The van der Waals surface area contributed by atoms with Crippen molar-refractivity contribution in [3.63, 3.8) is 0 Å². The SMILES string of the molecule is CC(C)(C)OC(=O)C1CC(c2c[nH]c3c(Cl)cccc23)=CCN1. The van der Waals surface area contributed by atoms with Gasteiger partial charge < -0.3 is 15.0 Å². The average molecular weight is 333 g/mol. The van der Waals surface area contributed by atoms with Gasteiger partial charge in [0.2, 0.25) is 0 Å². The number of nitrogens with one attached hydrogen (secondary N) is 2. The molecule has 2 heterocycles. The fourth-order valence-corrected chi connectivity index (χ4v) is 3.07. The van der Waals surface area contributed by atoms with Crippen LogP contribution in [0.3, 0.4) is 0 Å². The molecule has 1 aliphatic heterocycles. The van der Waals surface area contributed by atoms with Crippen molar-refractivity contribution in [1.29, 1.82) is 0 Å². The van der Waals surface area contributed by atoms with Crippen LogP contribution in [0, 0.1) is 0 Å². The van der Waals surface area contributed by atoms with E-state index in [4.69, 9.17) is 16.3 Å². The Morgan fingerprint density at radius 2 is 2.13 bits per heavy atom. The number of para-hydroxylation sites is 1. The van der Waals surface area contributed by atoms with Gasteiger partial charge in [0, 0.05) is 23.7 Å². The first-order valence-electron chi connectivity index (χ1n) is 7.76. The predicted molar refractivity (Wildman–Crippen MR) is 93.5 cm³/mol. The molecule has 1 aromatic carbocycles. The van der Waals surface area contributed by atoms with Crippen LogP contribution in [-0.4, -0.2) is 29.1 Å². The molecule has 5 heteroatoms. The fraction of sp³-hybridized carbons (Fsp3) is 0.389. The van der Waals surface area contributed by atoms with Crippen LogP contribution >= 0.6 is 11.6 Å². The molecule has 122 valence electrons. The number of carbonyl (C=O) groups excluding carboxylic acids is 1. The topological polar surface area (TPSA) is 54.1 Å². The standard InChI is InChI=1S/C18H21ClN2O2/c1-18(2,3)23-17(22)15-9-11(7-8-20-15)13-10-21-16-12(13)5-4-6-14(16)19/h4-7,10,15,20-21H,8-9H2,1-3H3. The first-order chi connectivity index (χ1) is 10.8. The Balaban J connectivity index is 1.85. The maximum atomic E-state index is 12.3. The zero-order chi connectivity index (χ0) is 16.6. The number of carbonyl (C=O) groups is 1. The fourth-order valence-electron chi connectivity index (χ4n) is 2.84. The van der Waals surface area contributed by atoms with Crippen molar-refractivity contribution in [1.82, 2.24) is 10.3 Å². The molecule has 0 saturated heterocycles. The molecule has 4 nitrogen and oxygen atoms in total. The van der Waals surface area contributed by atoms with Gasteiger partial charge in [-0.1, -0.05) is 29.8 Å². The number of rotatable bonds is 2. The van der Waals surface area contributed by atoms with Crippen molar-refractivity contribution in [2.45, 2.75) is 38.8 Å². The molecule has 1 unspecified atom stereocenters. The van der Waals surface area contributed by atoms with Gasteiger partial charge in [-0.3, -0.25) is 4.79 Å². The van der Waals surface area contributed by atoms with Crippen LogP contribution in [0.4, 0.5) is 0 Å². The van der Waals surface area contributed by atoms with Crippen LogP contribution in [0.15, 0.2) is 30.5 Å². The van der Waals surface area contributed by atoms with E-state index in [0.29, 0.717) is 18.0 Å². The molecular formula is C18H21ClN2O2. The van der Waals surface area contributed by atoms with Gasteiger partial charge in [0.05, 0.1) is 10.5 Å². The van der Waals surface area contributed by atoms with E-state index in [1.54, 1.807) is 0 Å². The van der Waals surface area contributed by atoms with E-state index in [2.05, 4.69) is 16.4 Å². The largest absolute Gasteiger partial charge is 0.459 e. The van der Waals surface area contributed by atoms with Crippen LogP contribution in [0.1, 0.15) is 32.8 Å². The summed E-state index contributed by atoms with van der Waals surface area (Å²) in [4.78, 5) is 15.5. The number of aromatic amines is 1. The Bertz CT molecular complexity index is 771. The highest BCUT2D eigenvalue weighted by molar-refractivity contribution is 6.35. The lowest BCUT2D eigenvalue weighted by Crippen LogP contribution is -2.43. The Labute approximate surface area is 140 Å². The summed E-state index contributed by atoms with van der Waals surface area (Å²) in [5, 5.41) is 4.98. The second-order valence-corrected chi connectivity index (χ2v) is 7.20. The summed E-state index contributed by atoms with van der Waals surface area (Å²) < 4.78 is 5.49. The highest BCUT2D eigenvalue weighted by atomic mass is 35.5. The van der Waals surface area contributed by atoms with Gasteiger partial charge in [0.25, 0.3) is 0 Å². The van der Waals surface area contributed by atoms with E-state index in [9.17, 15) is 4.79 Å². The summed E-state index contributed by atoms with van der Waals surface area (Å²) in [6, 6.07) is 5.52. The van der Waals surface area contributed by atoms with E-state index in [0.717, 1.165) is 22.0 Å². The lowest BCUT2D eigenvalue weighted by atomic mass is 9.95. The number of ether oxygens (including phenoxy) is 1. The zero-order valence-corrected chi connectivity index (χ0v) is 14.3. The quantitative estimate of drug-likeness (QED) is 0.820. The van der Waals surface area contributed by atoms with Gasteiger partial charge in [-0.05, 0) is 38.8 Å². The molecule has 0 saturated carbocycles. The normalized spacial score (nSPS) is 18.8. The number of halogens is 1. The molecule has 3 rings (SSSR count). The molecule has 2 N–H and O–H groups in total. The first-order valence-corrected chi connectivity index (χ1v) is 8.14. The smallest absolute Gasteiger partial charge is 0.324 e. The molecule has 0 amide bonds. The summed E-state index contributed by atoms with van der Waals surface area (Å²) in [7, 11) is 0. The molecular weight excluding hydrogens is 312 g/mol. The molecule has 1 aliphatic rings. The van der Waals surface area contributed by atoms with Crippen molar-refractivity contribution in [3.8, 4) is 0 Å². The van der Waals surface area contributed by atoms with Crippen molar-refractivity contribution < 1.29 is 9.53 Å². The monoisotopic (exact) mass is 332 g/mol. The van der Waals surface area contributed by atoms with E-state index >= 15 is 0 Å². The third kappa shape index (κ3) is 3.43. The van der Waals surface area contributed by atoms with Gasteiger partial charge in [-0.25, -0.2) is 0 Å². The molecule has 1 aromatic heterocycles. The van der Waals surface area contributed by atoms with Crippen LogP contribution in [0.5, 0.6) is 0 Å². The number of esters is 1. The van der Waals surface area contributed by atoms with E-state index in [1.165, 1.54) is 0 Å². The number of hydrogen-bond acceptors (Lipinski definition) is 3. The third-order valence-corrected chi connectivity index (χ3v) is 4.15. The number of H-pyrrole nitrogens is 1. The highest BCUT2D eigenvalue weighted by Gasteiger charge is 2.28. The summed E-state index contributed by atoms with van der Waals surface area (Å²) in [6.45, 7) is 6.29. The van der Waals surface area contributed by atoms with Crippen molar-refractivity contribution in [2.24, 2.45) is 0 Å². The molecule has 0 fully saturated rings. The predicted octanol–water partition coefficient (Wildman–Crippen LogP) is 3.91. The lowest BCUT2D eigenvalue weighted by molar-refractivity contribution is -0.157. The number of fused-ring (bicyclic) bond motifs is 1. The molecule has 2 aromatic rings. The second-order valence-electron chi connectivity index (χ2n) is 6.79. The summed E-state index contributed by atoms with van der Waals surface area (Å²) in [5.74, 6) is -0.207. The zero-order valence-electron chi connectivity index (χ0n) is 13.6. The molecule has 0 aliphatic carbocycles. The van der Waals surface area contributed by atoms with Gasteiger partial charge in [-0.15, -0.1) is 0 Å². The molecule has 0 spiro atoms. The van der Waals surface area contributed by atoms with Crippen LogP contribution in [0.25, 0.3) is 16.5 Å². The summed E-state index contributed by atoms with van der Waals surface area (Å²) >= 11 is 6.22. The number of hydrogen-bond donors (Lipinski definition) is 2. The van der Waals surface area contributed by atoms with E-state index in [-0.39, 0.29) is 12.0 Å². The summed E-state index contributed by atoms with van der Waals surface area (Å²) in [5.41, 5.74) is 2.68. The Morgan fingerprint density at radius 3 is 2.87 bits per heavy atom.